The molecule has 7 nitrogen and oxygen atoms in total. The lowest BCUT2D eigenvalue weighted by atomic mass is 9.77. The minimum atomic E-state index is -0.269. The number of nitrogens with zero attached hydrogens (tertiary/aromatic N) is 5. The van der Waals surface area contributed by atoms with Crippen LogP contribution in [0, 0.1) is 11.7 Å². The number of hydrogen-bond donors (Lipinski definition) is 1. The van der Waals surface area contributed by atoms with E-state index in [1.807, 2.05) is 40.2 Å². The van der Waals surface area contributed by atoms with E-state index in [0.29, 0.717) is 23.8 Å². The van der Waals surface area contributed by atoms with Crippen molar-refractivity contribution >= 4 is 34.6 Å². The van der Waals surface area contributed by atoms with Crippen molar-refractivity contribution in [2.45, 2.75) is 46.6 Å². The van der Waals surface area contributed by atoms with Crippen molar-refractivity contribution in [1.82, 2.24) is 14.7 Å². The summed E-state index contributed by atoms with van der Waals surface area (Å²) < 4.78 is 13.9. The summed E-state index contributed by atoms with van der Waals surface area (Å²) in [6, 6.07) is 18.2. The first kappa shape index (κ1) is 32.9. The monoisotopic (exact) mass is 632 g/mol. The first-order valence-corrected chi connectivity index (χ1v) is 16.7. The van der Waals surface area contributed by atoms with Crippen molar-refractivity contribution in [3.63, 3.8) is 0 Å². The summed E-state index contributed by atoms with van der Waals surface area (Å²) in [5.74, 6) is -0.0928. The molecule has 0 radical (unpaired) electrons. The van der Waals surface area contributed by atoms with Gasteiger partial charge in [0.05, 0.1) is 28.2 Å². The van der Waals surface area contributed by atoms with Gasteiger partial charge in [-0.05, 0) is 92.6 Å². The first-order valence-electron chi connectivity index (χ1n) is 16.3. The van der Waals surface area contributed by atoms with Crippen LogP contribution in [0.25, 0.3) is 0 Å². The molecule has 2 N–H and O–H groups in total. The molecule has 9 heteroatoms. The molecule has 0 aromatic heterocycles. The van der Waals surface area contributed by atoms with Gasteiger partial charge in [-0.15, -0.1) is 0 Å². The van der Waals surface area contributed by atoms with E-state index in [4.69, 9.17) is 22.4 Å². The normalized spacial score (nSPS) is 17.4. The third-order valence-corrected chi connectivity index (χ3v) is 9.80. The maximum Gasteiger partial charge on any atom is 0.253 e. The number of hydrazone groups is 1. The Balaban J connectivity index is 1.45. The second-order valence-electron chi connectivity index (χ2n) is 11.9. The highest BCUT2D eigenvalue weighted by Gasteiger charge is 2.42. The predicted molar refractivity (Wildman–Crippen MR) is 184 cm³/mol. The SMILES string of the molecule is CCN(CC)CCN(CCN(CC)CC)C(=O)c1ccc2c(c1)CC[C@H]1C2=NN(c2ccc(N)c(Cl)c2)[C@H]1c1ccc(F)cc1. The fourth-order valence-electron chi connectivity index (χ4n) is 6.63. The Hall–Kier alpha value is -3.46. The Kier molecular flexibility index (Phi) is 10.8. The Morgan fingerprint density at radius 2 is 1.56 bits per heavy atom. The maximum atomic E-state index is 14.0. The van der Waals surface area contributed by atoms with Crippen LogP contribution in [0.3, 0.4) is 0 Å². The van der Waals surface area contributed by atoms with E-state index in [9.17, 15) is 9.18 Å². The van der Waals surface area contributed by atoms with Crippen molar-refractivity contribution in [1.29, 1.82) is 0 Å². The van der Waals surface area contributed by atoms with Gasteiger partial charge in [-0.2, -0.15) is 5.10 Å². The smallest absolute Gasteiger partial charge is 0.253 e. The molecule has 0 saturated carbocycles. The predicted octanol–water partition coefficient (Wildman–Crippen LogP) is 6.72. The van der Waals surface area contributed by atoms with Gasteiger partial charge >= 0.3 is 0 Å². The number of carbonyl (C=O) groups is 1. The topological polar surface area (TPSA) is 68.4 Å². The minimum Gasteiger partial charge on any atom is -0.398 e. The number of hydrogen-bond acceptors (Lipinski definition) is 6. The van der Waals surface area contributed by atoms with Crippen LogP contribution in [0.1, 0.15) is 67.2 Å². The van der Waals surface area contributed by atoms with E-state index in [1.54, 1.807) is 6.07 Å². The number of carbonyl (C=O) groups excluding carboxylic acids is 1. The summed E-state index contributed by atoms with van der Waals surface area (Å²) in [5, 5.41) is 7.63. The standard InChI is InChI=1S/C36H46ClFN6O/c1-5-41(6-2)19-21-43(22-20-42(7-3)8-4)36(45)27-12-16-30-26(23-27)11-17-31-34(30)40-44(29-15-18-33(39)32(37)24-29)35(31)25-9-13-28(38)14-10-25/h9-10,12-16,18,23-24,31,35H,5-8,11,17,19-22,39H2,1-4H3/t31-,35-/m0/s1. The van der Waals surface area contributed by atoms with Gasteiger partial charge in [-0.3, -0.25) is 9.80 Å². The average molecular weight is 633 g/mol. The van der Waals surface area contributed by atoms with E-state index >= 15 is 0 Å². The third-order valence-electron chi connectivity index (χ3n) is 9.47. The van der Waals surface area contributed by atoms with Gasteiger partial charge in [0.1, 0.15) is 5.82 Å². The molecule has 0 spiro atoms. The van der Waals surface area contributed by atoms with Crippen LogP contribution in [0.4, 0.5) is 15.8 Å². The molecule has 45 heavy (non-hydrogen) atoms. The van der Waals surface area contributed by atoms with Crippen LogP contribution in [-0.4, -0.2) is 78.7 Å². The Bertz CT molecular complexity index is 1490. The number of amides is 1. The summed E-state index contributed by atoms with van der Waals surface area (Å²) in [7, 11) is 0. The number of fused-ring (bicyclic) bond motifs is 3. The zero-order valence-corrected chi connectivity index (χ0v) is 27.7. The molecule has 0 saturated heterocycles. The zero-order valence-electron chi connectivity index (χ0n) is 27.0. The molecule has 2 aliphatic rings. The van der Waals surface area contributed by atoms with Gasteiger partial charge in [0.2, 0.25) is 0 Å². The quantitative estimate of drug-likeness (QED) is 0.212. The van der Waals surface area contributed by atoms with Gasteiger partial charge in [0.25, 0.3) is 5.91 Å². The molecule has 5 rings (SSSR count). The summed E-state index contributed by atoms with van der Waals surface area (Å²) in [6.07, 6.45) is 1.69. The van der Waals surface area contributed by atoms with E-state index < -0.39 is 0 Å². The lowest BCUT2D eigenvalue weighted by molar-refractivity contribution is 0.0717. The number of aryl methyl sites for hydroxylation is 1. The van der Waals surface area contributed by atoms with Crippen molar-refractivity contribution in [2.24, 2.45) is 11.0 Å². The highest BCUT2D eigenvalue weighted by Crippen LogP contribution is 2.46. The summed E-state index contributed by atoms with van der Waals surface area (Å²) in [6.45, 7) is 15.6. The second-order valence-corrected chi connectivity index (χ2v) is 12.3. The van der Waals surface area contributed by atoms with Crippen molar-refractivity contribution < 1.29 is 9.18 Å². The molecular formula is C36H46ClFN6O. The van der Waals surface area contributed by atoms with E-state index in [-0.39, 0.29) is 23.7 Å². The number of nitrogen functional groups attached to an aromatic ring is 1. The molecule has 2 atom stereocenters. The van der Waals surface area contributed by atoms with Crippen LogP contribution in [0.15, 0.2) is 65.8 Å². The van der Waals surface area contributed by atoms with E-state index in [1.165, 1.54) is 12.1 Å². The van der Waals surface area contributed by atoms with Crippen LogP contribution in [-0.2, 0) is 6.42 Å². The zero-order chi connectivity index (χ0) is 32.1. The summed E-state index contributed by atoms with van der Waals surface area (Å²) in [5.41, 5.74) is 12.3. The van der Waals surface area contributed by atoms with Gasteiger partial charge in [0, 0.05) is 43.2 Å². The molecule has 1 amide bonds. The molecular weight excluding hydrogens is 587 g/mol. The number of likely N-dealkylation sites (N-methyl/N-ethyl adjacent to an activating group) is 2. The van der Waals surface area contributed by atoms with Crippen LogP contribution < -0.4 is 10.7 Å². The van der Waals surface area contributed by atoms with Crippen LogP contribution >= 0.6 is 11.6 Å². The highest BCUT2D eigenvalue weighted by atomic mass is 35.5. The largest absolute Gasteiger partial charge is 0.398 e. The van der Waals surface area contributed by atoms with Crippen molar-refractivity contribution in [3.05, 3.63) is 93.8 Å². The molecule has 1 aliphatic carbocycles. The number of benzene rings is 3. The summed E-state index contributed by atoms with van der Waals surface area (Å²) in [4.78, 5) is 20.7. The second kappa shape index (κ2) is 14.8. The average Bonchev–Trinajstić information content (AvgIpc) is 3.45. The lowest BCUT2D eigenvalue weighted by Crippen LogP contribution is -2.43. The number of halogens is 2. The highest BCUT2D eigenvalue weighted by molar-refractivity contribution is 6.33. The van der Waals surface area contributed by atoms with E-state index in [2.05, 4.69) is 49.6 Å². The molecule has 240 valence electrons. The molecule has 0 fully saturated rings. The number of rotatable bonds is 13. The fraction of sp³-hybridized carbons (Fsp3) is 0.444. The van der Waals surface area contributed by atoms with Gasteiger partial charge < -0.3 is 20.4 Å². The van der Waals surface area contributed by atoms with Crippen LogP contribution in [0.5, 0.6) is 0 Å². The molecule has 0 unspecified atom stereocenters. The van der Waals surface area contributed by atoms with E-state index in [0.717, 1.165) is 85.8 Å². The number of anilines is 2. The van der Waals surface area contributed by atoms with Gasteiger partial charge in [-0.1, -0.05) is 57.5 Å². The lowest BCUT2D eigenvalue weighted by Gasteiger charge is -2.31. The van der Waals surface area contributed by atoms with Gasteiger partial charge in [-0.25, -0.2) is 4.39 Å². The molecule has 1 aliphatic heterocycles. The Morgan fingerprint density at radius 3 is 2.16 bits per heavy atom. The molecule has 3 aromatic carbocycles. The molecule has 0 bridgehead atoms. The first-order chi connectivity index (χ1) is 21.8. The summed E-state index contributed by atoms with van der Waals surface area (Å²) >= 11 is 6.43. The Morgan fingerprint density at radius 1 is 0.911 bits per heavy atom. The Labute approximate surface area is 272 Å². The fourth-order valence-corrected chi connectivity index (χ4v) is 6.80. The number of nitrogens with two attached hydrogens (primary N) is 1. The molecule has 1 heterocycles. The third kappa shape index (κ3) is 7.19. The molecule has 3 aromatic rings. The van der Waals surface area contributed by atoms with Crippen molar-refractivity contribution in [2.75, 3.05) is 63.1 Å². The van der Waals surface area contributed by atoms with Crippen LogP contribution in [0.2, 0.25) is 5.02 Å². The van der Waals surface area contributed by atoms with Crippen molar-refractivity contribution in [3.8, 4) is 0 Å². The van der Waals surface area contributed by atoms with Gasteiger partial charge in [0.15, 0.2) is 0 Å². The minimum absolute atomic E-state index is 0.0786. The maximum absolute atomic E-state index is 14.0.